The summed E-state index contributed by atoms with van der Waals surface area (Å²) < 4.78 is 0. The fraction of sp³-hybridized carbons (Fsp3) is 0.619. The standard InChI is InChI=1S/C21H29N3O4S/c1-2-3-4-5-6-19(25)22-13-11-21(12-14-22)23(15-16-29-21)20(26)17-7-9-18(10-8-17)24(27)28/h7-10H,2-6,11-16H2,1H3. The van der Waals surface area contributed by atoms with E-state index < -0.39 is 4.92 Å². The van der Waals surface area contributed by atoms with E-state index >= 15 is 0 Å². The minimum atomic E-state index is -0.462. The van der Waals surface area contributed by atoms with Gasteiger partial charge in [0.2, 0.25) is 5.91 Å². The second kappa shape index (κ2) is 9.61. The molecule has 2 aliphatic rings. The van der Waals surface area contributed by atoms with Gasteiger partial charge in [-0.05, 0) is 31.4 Å². The van der Waals surface area contributed by atoms with E-state index in [1.807, 2.05) is 9.80 Å². The highest BCUT2D eigenvalue weighted by Gasteiger charge is 2.47. The Balaban J connectivity index is 1.59. The van der Waals surface area contributed by atoms with Gasteiger partial charge in [0, 0.05) is 49.5 Å². The second-order valence-electron chi connectivity index (χ2n) is 7.75. The molecule has 0 aromatic heterocycles. The van der Waals surface area contributed by atoms with E-state index in [2.05, 4.69) is 6.92 Å². The molecule has 158 valence electrons. The van der Waals surface area contributed by atoms with Gasteiger partial charge in [0.15, 0.2) is 0 Å². The van der Waals surface area contributed by atoms with E-state index in [0.29, 0.717) is 31.6 Å². The number of thioether (sulfide) groups is 1. The molecule has 29 heavy (non-hydrogen) atoms. The van der Waals surface area contributed by atoms with Crippen LogP contribution in [0.2, 0.25) is 0 Å². The van der Waals surface area contributed by atoms with Crippen molar-refractivity contribution in [3.8, 4) is 0 Å². The number of nitro groups is 1. The van der Waals surface area contributed by atoms with Crippen molar-refractivity contribution >= 4 is 29.3 Å². The van der Waals surface area contributed by atoms with Gasteiger partial charge in [0.05, 0.1) is 9.79 Å². The number of likely N-dealkylation sites (tertiary alicyclic amines) is 1. The molecule has 2 saturated heterocycles. The highest BCUT2D eigenvalue weighted by atomic mass is 32.2. The van der Waals surface area contributed by atoms with E-state index in [9.17, 15) is 19.7 Å². The predicted molar refractivity (Wildman–Crippen MR) is 114 cm³/mol. The first-order valence-electron chi connectivity index (χ1n) is 10.4. The topological polar surface area (TPSA) is 83.8 Å². The number of nitro benzene ring substituents is 1. The summed E-state index contributed by atoms with van der Waals surface area (Å²) in [6, 6.07) is 5.82. The number of hydrogen-bond acceptors (Lipinski definition) is 5. The smallest absolute Gasteiger partial charge is 0.269 e. The minimum absolute atomic E-state index is 0.0159. The molecule has 1 aromatic rings. The Morgan fingerprint density at radius 3 is 2.41 bits per heavy atom. The normalized spacial score (nSPS) is 18.2. The second-order valence-corrected chi connectivity index (χ2v) is 9.20. The minimum Gasteiger partial charge on any atom is -0.342 e. The summed E-state index contributed by atoms with van der Waals surface area (Å²) in [5.41, 5.74) is 0.463. The number of hydrogen-bond donors (Lipinski definition) is 0. The average molecular weight is 420 g/mol. The van der Waals surface area contributed by atoms with E-state index in [-0.39, 0.29) is 22.4 Å². The Hall–Kier alpha value is -2.09. The SMILES string of the molecule is CCCCCCC(=O)N1CCC2(CC1)SCCN2C(=O)c1ccc([N+](=O)[O-])cc1. The summed E-state index contributed by atoms with van der Waals surface area (Å²) in [6.45, 7) is 4.20. The zero-order chi connectivity index (χ0) is 20.9. The van der Waals surface area contributed by atoms with Crippen LogP contribution < -0.4 is 0 Å². The first-order valence-corrected chi connectivity index (χ1v) is 11.4. The van der Waals surface area contributed by atoms with Gasteiger partial charge in [-0.2, -0.15) is 0 Å². The summed E-state index contributed by atoms with van der Waals surface area (Å²) in [5.74, 6) is 1.03. The van der Waals surface area contributed by atoms with Crippen molar-refractivity contribution < 1.29 is 14.5 Å². The van der Waals surface area contributed by atoms with Crippen LogP contribution in [0.5, 0.6) is 0 Å². The Morgan fingerprint density at radius 2 is 1.79 bits per heavy atom. The number of non-ortho nitro benzene ring substituents is 1. The van der Waals surface area contributed by atoms with Gasteiger partial charge in [0.25, 0.3) is 11.6 Å². The zero-order valence-electron chi connectivity index (χ0n) is 17.0. The third-order valence-corrected chi connectivity index (χ3v) is 7.44. The average Bonchev–Trinajstić information content (AvgIpc) is 3.14. The van der Waals surface area contributed by atoms with Gasteiger partial charge in [-0.1, -0.05) is 26.2 Å². The molecule has 2 amide bonds. The molecule has 2 heterocycles. The lowest BCUT2D eigenvalue weighted by molar-refractivity contribution is -0.384. The largest absolute Gasteiger partial charge is 0.342 e. The number of carbonyl (C=O) groups is 2. The number of nitrogens with zero attached hydrogens (tertiary/aromatic N) is 3. The lowest BCUT2D eigenvalue weighted by Crippen LogP contribution is -2.53. The predicted octanol–water partition coefficient (Wildman–Crippen LogP) is 4.07. The van der Waals surface area contributed by atoms with Crippen LogP contribution in [0.1, 0.15) is 62.2 Å². The van der Waals surface area contributed by atoms with Crippen molar-refractivity contribution in [3.63, 3.8) is 0 Å². The Bertz CT molecular complexity index is 745. The molecule has 0 N–H and O–H groups in total. The van der Waals surface area contributed by atoms with E-state index in [1.54, 1.807) is 11.8 Å². The van der Waals surface area contributed by atoms with Gasteiger partial charge in [0.1, 0.15) is 0 Å². The van der Waals surface area contributed by atoms with Crippen molar-refractivity contribution in [1.82, 2.24) is 9.80 Å². The molecule has 1 spiro atoms. The zero-order valence-corrected chi connectivity index (χ0v) is 17.8. The van der Waals surface area contributed by atoms with Crippen molar-refractivity contribution in [3.05, 3.63) is 39.9 Å². The molecule has 3 rings (SSSR count). The fourth-order valence-corrected chi connectivity index (χ4v) is 5.61. The molecule has 1 aromatic carbocycles. The number of unbranched alkanes of at least 4 members (excludes halogenated alkanes) is 3. The van der Waals surface area contributed by atoms with Crippen molar-refractivity contribution in [2.75, 3.05) is 25.4 Å². The van der Waals surface area contributed by atoms with Gasteiger partial charge in [-0.25, -0.2) is 0 Å². The Kier molecular flexibility index (Phi) is 7.16. The lowest BCUT2D eigenvalue weighted by atomic mass is 10.00. The number of benzene rings is 1. The van der Waals surface area contributed by atoms with Gasteiger partial charge in [-0.3, -0.25) is 19.7 Å². The first-order chi connectivity index (χ1) is 14.0. The molecule has 0 bridgehead atoms. The number of amides is 2. The maximum Gasteiger partial charge on any atom is 0.269 e. The number of rotatable bonds is 7. The molecule has 8 heteroatoms. The molecule has 0 unspecified atom stereocenters. The van der Waals surface area contributed by atoms with E-state index in [1.165, 1.54) is 30.7 Å². The van der Waals surface area contributed by atoms with Crippen molar-refractivity contribution in [1.29, 1.82) is 0 Å². The molecule has 2 aliphatic heterocycles. The van der Waals surface area contributed by atoms with Crippen LogP contribution in [0.25, 0.3) is 0 Å². The van der Waals surface area contributed by atoms with Gasteiger partial charge in [-0.15, -0.1) is 11.8 Å². The fourth-order valence-electron chi connectivity index (χ4n) is 4.16. The lowest BCUT2D eigenvalue weighted by Gasteiger charge is -2.44. The third-order valence-electron chi connectivity index (χ3n) is 5.89. The molecule has 2 fully saturated rings. The van der Waals surface area contributed by atoms with Crippen LogP contribution in [-0.2, 0) is 4.79 Å². The number of piperidine rings is 1. The quantitative estimate of drug-likeness (QED) is 0.378. The van der Waals surface area contributed by atoms with Crippen LogP contribution in [0.4, 0.5) is 5.69 Å². The Labute approximate surface area is 176 Å². The molecule has 0 aliphatic carbocycles. The van der Waals surface area contributed by atoms with Crippen LogP contribution in [0, 0.1) is 10.1 Å². The summed E-state index contributed by atoms with van der Waals surface area (Å²) in [6.07, 6.45) is 6.56. The summed E-state index contributed by atoms with van der Waals surface area (Å²) in [5, 5.41) is 10.8. The Morgan fingerprint density at radius 1 is 1.10 bits per heavy atom. The third kappa shape index (κ3) is 4.91. The maximum absolute atomic E-state index is 13.1. The first kappa shape index (κ1) is 21.6. The molecule has 7 nitrogen and oxygen atoms in total. The highest BCUT2D eigenvalue weighted by molar-refractivity contribution is 8.00. The van der Waals surface area contributed by atoms with E-state index in [4.69, 9.17) is 0 Å². The summed E-state index contributed by atoms with van der Waals surface area (Å²) in [4.78, 5) is 39.5. The van der Waals surface area contributed by atoms with Crippen molar-refractivity contribution in [2.24, 2.45) is 0 Å². The highest BCUT2D eigenvalue weighted by Crippen LogP contribution is 2.44. The van der Waals surface area contributed by atoms with Crippen LogP contribution in [-0.4, -0.2) is 56.8 Å². The van der Waals surface area contributed by atoms with Crippen LogP contribution >= 0.6 is 11.8 Å². The summed E-state index contributed by atoms with van der Waals surface area (Å²) in [7, 11) is 0. The molecule has 0 radical (unpaired) electrons. The molecular formula is C21H29N3O4S. The van der Waals surface area contributed by atoms with E-state index in [0.717, 1.165) is 37.9 Å². The molecular weight excluding hydrogens is 390 g/mol. The van der Waals surface area contributed by atoms with Crippen LogP contribution in [0.15, 0.2) is 24.3 Å². The van der Waals surface area contributed by atoms with Crippen LogP contribution in [0.3, 0.4) is 0 Å². The molecule has 0 atom stereocenters. The monoisotopic (exact) mass is 419 g/mol. The van der Waals surface area contributed by atoms with Gasteiger partial charge >= 0.3 is 0 Å². The summed E-state index contributed by atoms with van der Waals surface area (Å²) >= 11 is 1.80. The molecule has 0 saturated carbocycles. The van der Waals surface area contributed by atoms with Crippen molar-refractivity contribution in [2.45, 2.75) is 56.7 Å². The number of carbonyl (C=O) groups excluding carboxylic acids is 2. The maximum atomic E-state index is 13.1. The van der Waals surface area contributed by atoms with Gasteiger partial charge < -0.3 is 9.80 Å².